The molecule has 2 aromatic rings. The molecule has 0 heterocycles. The maximum atomic E-state index is 12.3. The third-order valence-corrected chi connectivity index (χ3v) is 4.06. The van der Waals surface area contributed by atoms with Gasteiger partial charge in [-0.05, 0) is 58.6 Å². The van der Waals surface area contributed by atoms with Crippen molar-refractivity contribution in [2.45, 2.75) is 20.3 Å². The first kappa shape index (κ1) is 19.0. The van der Waals surface area contributed by atoms with E-state index in [1.54, 1.807) is 30.3 Å². The smallest absolute Gasteiger partial charge is 0.343 e. The fourth-order valence-corrected chi connectivity index (χ4v) is 2.53. The quantitative estimate of drug-likeness (QED) is 0.528. The van der Waals surface area contributed by atoms with Crippen molar-refractivity contribution in [1.29, 1.82) is 0 Å². The van der Waals surface area contributed by atoms with Gasteiger partial charge in [-0.1, -0.05) is 26.0 Å². The molecule has 0 aliphatic carbocycles. The highest BCUT2D eigenvalue weighted by atomic mass is 79.9. The molecule has 0 atom stereocenters. The third-order valence-electron chi connectivity index (χ3n) is 3.44. The summed E-state index contributed by atoms with van der Waals surface area (Å²) in [5.74, 6) is -0.597. The predicted molar refractivity (Wildman–Crippen MR) is 97.5 cm³/mol. The maximum Gasteiger partial charge on any atom is 0.343 e. The lowest BCUT2D eigenvalue weighted by Crippen LogP contribution is -2.11. The van der Waals surface area contributed by atoms with Gasteiger partial charge < -0.3 is 14.6 Å². The fraction of sp³-hybridized carbons (Fsp3) is 0.263. The largest absolute Gasteiger partial charge is 0.492 e. The lowest BCUT2D eigenvalue weighted by atomic mass is 10.1. The Labute approximate surface area is 154 Å². The van der Waals surface area contributed by atoms with E-state index in [-0.39, 0.29) is 11.3 Å². The Bertz CT molecular complexity index is 770. The number of carbonyl (C=O) groups is 2. The van der Waals surface area contributed by atoms with Crippen molar-refractivity contribution >= 4 is 27.9 Å². The second kappa shape index (κ2) is 8.67. The minimum atomic E-state index is -1.15. The molecular weight excluding hydrogens is 388 g/mol. The number of carboxylic acids is 1. The number of carbonyl (C=O) groups excluding carboxylic acids is 1. The van der Waals surface area contributed by atoms with Gasteiger partial charge >= 0.3 is 11.9 Å². The first-order chi connectivity index (χ1) is 11.9. The minimum absolute atomic E-state index is 0.00776. The number of rotatable bonds is 7. The van der Waals surface area contributed by atoms with Crippen molar-refractivity contribution in [3.63, 3.8) is 0 Å². The van der Waals surface area contributed by atoms with E-state index in [9.17, 15) is 9.59 Å². The van der Waals surface area contributed by atoms with Crippen LogP contribution in [0.2, 0.25) is 0 Å². The van der Waals surface area contributed by atoms with Gasteiger partial charge in [-0.3, -0.25) is 0 Å². The zero-order valence-corrected chi connectivity index (χ0v) is 15.6. The molecule has 0 aromatic heterocycles. The Morgan fingerprint density at radius 3 is 2.48 bits per heavy atom. The SMILES string of the molecule is CC(C)CCOc1ccc(C(=O)Oc2ccccc2C(=O)O)cc1Br. The Morgan fingerprint density at radius 1 is 1.12 bits per heavy atom. The second-order valence-corrected chi connectivity index (χ2v) is 6.72. The molecule has 0 saturated carbocycles. The van der Waals surface area contributed by atoms with E-state index in [4.69, 9.17) is 14.6 Å². The number of hydrogen-bond donors (Lipinski definition) is 1. The Kier molecular flexibility index (Phi) is 6.58. The van der Waals surface area contributed by atoms with Crippen molar-refractivity contribution in [3.05, 3.63) is 58.1 Å². The lowest BCUT2D eigenvalue weighted by Gasteiger charge is -2.11. The zero-order valence-electron chi connectivity index (χ0n) is 14.0. The van der Waals surface area contributed by atoms with E-state index in [0.29, 0.717) is 28.3 Å². The molecule has 1 N–H and O–H groups in total. The molecule has 0 aliphatic heterocycles. The second-order valence-electron chi connectivity index (χ2n) is 5.87. The van der Waals surface area contributed by atoms with Gasteiger partial charge in [0.1, 0.15) is 17.1 Å². The molecule has 2 rings (SSSR count). The van der Waals surface area contributed by atoms with Crippen molar-refractivity contribution in [3.8, 4) is 11.5 Å². The molecule has 0 bridgehead atoms. The summed E-state index contributed by atoms with van der Waals surface area (Å²) in [6.07, 6.45) is 0.933. The highest BCUT2D eigenvalue weighted by Crippen LogP contribution is 2.27. The summed E-state index contributed by atoms with van der Waals surface area (Å²) in [6.45, 7) is 4.82. The maximum absolute atomic E-state index is 12.3. The van der Waals surface area contributed by atoms with Crippen LogP contribution >= 0.6 is 15.9 Å². The minimum Gasteiger partial charge on any atom is -0.492 e. The van der Waals surface area contributed by atoms with Crippen LogP contribution in [-0.4, -0.2) is 23.7 Å². The van der Waals surface area contributed by atoms with Crippen LogP contribution in [0, 0.1) is 5.92 Å². The monoisotopic (exact) mass is 406 g/mol. The molecule has 0 aliphatic rings. The zero-order chi connectivity index (χ0) is 18.4. The molecular formula is C19H19BrO5. The van der Waals surface area contributed by atoms with Gasteiger partial charge in [0.2, 0.25) is 0 Å². The van der Waals surface area contributed by atoms with E-state index in [1.165, 1.54) is 12.1 Å². The summed E-state index contributed by atoms with van der Waals surface area (Å²) < 4.78 is 11.5. The van der Waals surface area contributed by atoms with Crippen molar-refractivity contribution in [2.24, 2.45) is 5.92 Å². The molecule has 6 heteroatoms. The van der Waals surface area contributed by atoms with E-state index in [2.05, 4.69) is 29.8 Å². The summed E-state index contributed by atoms with van der Waals surface area (Å²) in [4.78, 5) is 23.5. The number of benzene rings is 2. The van der Waals surface area contributed by atoms with Crippen molar-refractivity contribution in [1.82, 2.24) is 0 Å². The number of halogens is 1. The molecule has 0 spiro atoms. The molecule has 0 unspecified atom stereocenters. The standard InChI is InChI=1S/C19H19BrO5/c1-12(2)9-10-24-17-8-7-13(11-15(17)20)19(23)25-16-6-4-3-5-14(16)18(21)22/h3-8,11-12H,9-10H2,1-2H3,(H,21,22). The summed E-state index contributed by atoms with van der Waals surface area (Å²) in [5.41, 5.74) is 0.229. The van der Waals surface area contributed by atoms with E-state index in [1.807, 2.05) is 0 Å². The number of esters is 1. The van der Waals surface area contributed by atoms with Crippen LogP contribution in [0.1, 0.15) is 41.0 Å². The van der Waals surface area contributed by atoms with Gasteiger partial charge in [0.15, 0.2) is 0 Å². The van der Waals surface area contributed by atoms with Crippen LogP contribution in [-0.2, 0) is 0 Å². The Morgan fingerprint density at radius 2 is 1.84 bits per heavy atom. The van der Waals surface area contributed by atoms with Gasteiger partial charge in [0.05, 0.1) is 16.6 Å². The van der Waals surface area contributed by atoms with Gasteiger partial charge in [-0.2, -0.15) is 0 Å². The van der Waals surface area contributed by atoms with Crippen LogP contribution in [0.3, 0.4) is 0 Å². The molecule has 25 heavy (non-hydrogen) atoms. The van der Waals surface area contributed by atoms with Gasteiger partial charge in [-0.25, -0.2) is 9.59 Å². The van der Waals surface area contributed by atoms with Crippen LogP contribution in [0.4, 0.5) is 0 Å². The Balaban J connectivity index is 2.10. The molecule has 5 nitrogen and oxygen atoms in total. The molecule has 0 radical (unpaired) electrons. The van der Waals surface area contributed by atoms with Gasteiger partial charge in [0.25, 0.3) is 0 Å². The lowest BCUT2D eigenvalue weighted by molar-refractivity contribution is 0.0681. The molecule has 132 valence electrons. The number of para-hydroxylation sites is 1. The highest BCUT2D eigenvalue weighted by molar-refractivity contribution is 9.10. The molecule has 0 saturated heterocycles. The first-order valence-electron chi connectivity index (χ1n) is 7.85. The normalized spacial score (nSPS) is 10.6. The molecule has 0 amide bonds. The first-order valence-corrected chi connectivity index (χ1v) is 8.64. The highest BCUT2D eigenvalue weighted by Gasteiger charge is 2.16. The summed E-state index contributed by atoms with van der Waals surface area (Å²) in [5, 5.41) is 9.14. The summed E-state index contributed by atoms with van der Waals surface area (Å²) in [7, 11) is 0. The number of ether oxygens (including phenoxy) is 2. The van der Waals surface area contributed by atoms with Crippen LogP contribution in [0.15, 0.2) is 46.9 Å². The number of carboxylic acid groups (broad SMARTS) is 1. The van der Waals surface area contributed by atoms with Crippen LogP contribution < -0.4 is 9.47 Å². The van der Waals surface area contributed by atoms with Crippen LogP contribution in [0.25, 0.3) is 0 Å². The summed E-state index contributed by atoms with van der Waals surface area (Å²) >= 11 is 3.38. The molecule has 0 fully saturated rings. The van der Waals surface area contributed by atoms with Crippen molar-refractivity contribution in [2.75, 3.05) is 6.61 Å². The van der Waals surface area contributed by atoms with Gasteiger partial charge in [0, 0.05) is 0 Å². The average molecular weight is 407 g/mol. The van der Waals surface area contributed by atoms with E-state index < -0.39 is 11.9 Å². The molecule has 2 aromatic carbocycles. The number of hydrogen-bond acceptors (Lipinski definition) is 4. The van der Waals surface area contributed by atoms with E-state index in [0.717, 1.165) is 6.42 Å². The van der Waals surface area contributed by atoms with Crippen LogP contribution in [0.5, 0.6) is 11.5 Å². The predicted octanol–water partition coefficient (Wildman–Crippen LogP) is 4.79. The van der Waals surface area contributed by atoms with Gasteiger partial charge in [-0.15, -0.1) is 0 Å². The van der Waals surface area contributed by atoms with Crippen molar-refractivity contribution < 1.29 is 24.2 Å². The summed E-state index contributed by atoms with van der Waals surface area (Å²) in [6, 6.07) is 10.9. The fourth-order valence-electron chi connectivity index (χ4n) is 2.04. The number of aromatic carboxylic acids is 1. The van der Waals surface area contributed by atoms with E-state index >= 15 is 0 Å². The average Bonchev–Trinajstić information content (AvgIpc) is 2.56. The Hall–Kier alpha value is -2.34. The third kappa shape index (κ3) is 5.32. The topological polar surface area (TPSA) is 72.8 Å².